The Kier molecular flexibility index (Phi) is 4.83. The maximum absolute atomic E-state index is 12.3. The third-order valence-corrected chi connectivity index (χ3v) is 4.00. The number of aryl methyl sites for hydroxylation is 2. The van der Waals surface area contributed by atoms with Gasteiger partial charge >= 0.3 is 6.03 Å². The van der Waals surface area contributed by atoms with Crippen LogP contribution in [0.3, 0.4) is 0 Å². The van der Waals surface area contributed by atoms with Crippen LogP contribution < -0.4 is 10.6 Å². The first-order valence-corrected chi connectivity index (χ1v) is 8.25. The number of hydrogen-bond acceptors (Lipinski definition) is 3. The Morgan fingerprint density at radius 2 is 1.92 bits per heavy atom. The van der Waals surface area contributed by atoms with Gasteiger partial charge in [0, 0.05) is 12.7 Å². The quantitative estimate of drug-likeness (QED) is 0.748. The molecule has 0 radical (unpaired) electrons. The zero-order valence-electron chi connectivity index (χ0n) is 14.7. The summed E-state index contributed by atoms with van der Waals surface area (Å²) in [6.07, 6.45) is 3.44. The van der Waals surface area contributed by atoms with Crippen molar-refractivity contribution in [2.45, 2.75) is 33.9 Å². The summed E-state index contributed by atoms with van der Waals surface area (Å²) < 4.78 is 3.65. The molecule has 2 N–H and O–H groups in total. The van der Waals surface area contributed by atoms with Crippen LogP contribution in [0.2, 0.25) is 0 Å². The zero-order chi connectivity index (χ0) is 17.8. The van der Waals surface area contributed by atoms with E-state index in [1.807, 2.05) is 62.0 Å². The highest BCUT2D eigenvalue weighted by molar-refractivity contribution is 6.00. The van der Waals surface area contributed by atoms with Crippen LogP contribution in [0.4, 0.5) is 16.2 Å². The second-order valence-electron chi connectivity index (χ2n) is 5.85. The normalized spacial score (nSPS) is 10.7. The molecule has 0 atom stereocenters. The third-order valence-electron chi connectivity index (χ3n) is 4.00. The molecule has 0 aliphatic heterocycles. The number of rotatable bonds is 5. The SMILES string of the molecule is CCn1nc(C)c(NC(=O)Nc2cnn(Cc3ccccc3)c2)c1C. The van der Waals surface area contributed by atoms with Crippen molar-refractivity contribution in [3.8, 4) is 0 Å². The molecule has 25 heavy (non-hydrogen) atoms. The van der Waals surface area contributed by atoms with Gasteiger partial charge in [-0.05, 0) is 26.3 Å². The molecule has 0 aliphatic carbocycles. The van der Waals surface area contributed by atoms with Gasteiger partial charge in [0.25, 0.3) is 0 Å². The maximum Gasteiger partial charge on any atom is 0.323 e. The molecule has 0 unspecified atom stereocenters. The third kappa shape index (κ3) is 3.88. The molecule has 3 aromatic rings. The van der Waals surface area contributed by atoms with Gasteiger partial charge in [-0.2, -0.15) is 10.2 Å². The van der Waals surface area contributed by atoms with Gasteiger partial charge in [0.15, 0.2) is 0 Å². The molecule has 3 rings (SSSR count). The Hall–Kier alpha value is -3.09. The van der Waals surface area contributed by atoms with E-state index in [4.69, 9.17) is 0 Å². The van der Waals surface area contributed by atoms with Crippen LogP contribution in [0.25, 0.3) is 0 Å². The molecule has 0 saturated heterocycles. The number of benzene rings is 1. The van der Waals surface area contributed by atoms with E-state index in [9.17, 15) is 4.79 Å². The zero-order valence-corrected chi connectivity index (χ0v) is 14.7. The minimum absolute atomic E-state index is 0.305. The minimum Gasteiger partial charge on any atom is -0.305 e. The topological polar surface area (TPSA) is 76.8 Å². The number of aromatic nitrogens is 4. The first-order valence-electron chi connectivity index (χ1n) is 8.25. The van der Waals surface area contributed by atoms with Gasteiger partial charge in [0.2, 0.25) is 0 Å². The highest BCUT2D eigenvalue weighted by atomic mass is 16.2. The summed E-state index contributed by atoms with van der Waals surface area (Å²) in [7, 11) is 0. The van der Waals surface area contributed by atoms with Gasteiger partial charge in [-0.15, -0.1) is 0 Å². The van der Waals surface area contributed by atoms with E-state index in [-0.39, 0.29) is 6.03 Å². The lowest BCUT2D eigenvalue weighted by Crippen LogP contribution is -2.20. The van der Waals surface area contributed by atoms with Crippen LogP contribution >= 0.6 is 0 Å². The largest absolute Gasteiger partial charge is 0.323 e. The Morgan fingerprint density at radius 1 is 1.16 bits per heavy atom. The van der Waals surface area contributed by atoms with Gasteiger partial charge in [-0.25, -0.2) is 4.79 Å². The van der Waals surface area contributed by atoms with Gasteiger partial charge in [0.1, 0.15) is 0 Å². The molecule has 0 aliphatic rings. The van der Waals surface area contributed by atoms with Crippen molar-refractivity contribution in [3.05, 3.63) is 59.7 Å². The number of amides is 2. The monoisotopic (exact) mass is 338 g/mol. The molecule has 0 fully saturated rings. The van der Waals surface area contributed by atoms with Crippen LogP contribution in [-0.4, -0.2) is 25.6 Å². The molecular formula is C18H22N6O. The molecule has 2 aromatic heterocycles. The highest BCUT2D eigenvalue weighted by Gasteiger charge is 2.13. The molecule has 130 valence electrons. The summed E-state index contributed by atoms with van der Waals surface area (Å²) >= 11 is 0. The van der Waals surface area contributed by atoms with Crippen molar-refractivity contribution in [2.75, 3.05) is 10.6 Å². The fourth-order valence-corrected chi connectivity index (χ4v) is 2.75. The van der Waals surface area contributed by atoms with Crippen LogP contribution in [-0.2, 0) is 13.1 Å². The van der Waals surface area contributed by atoms with Gasteiger partial charge in [-0.1, -0.05) is 30.3 Å². The predicted molar refractivity (Wildman–Crippen MR) is 97.8 cm³/mol. The van der Waals surface area contributed by atoms with Gasteiger partial charge < -0.3 is 10.6 Å². The lowest BCUT2D eigenvalue weighted by molar-refractivity contribution is 0.262. The van der Waals surface area contributed by atoms with Crippen LogP contribution in [0, 0.1) is 13.8 Å². The molecule has 0 bridgehead atoms. The Morgan fingerprint density at radius 3 is 2.60 bits per heavy atom. The van der Waals surface area contributed by atoms with Crippen LogP contribution in [0.5, 0.6) is 0 Å². The number of hydrogen-bond donors (Lipinski definition) is 2. The smallest absolute Gasteiger partial charge is 0.305 e. The maximum atomic E-state index is 12.3. The number of nitrogens with one attached hydrogen (secondary N) is 2. The number of carbonyl (C=O) groups excluding carboxylic acids is 1. The standard InChI is InChI=1S/C18H22N6O/c1-4-24-14(3)17(13(2)22-24)21-18(25)20-16-10-19-23(12-16)11-15-8-6-5-7-9-15/h5-10,12H,4,11H2,1-3H3,(H2,20,21,25). The van der Waals surface area contributed by atoms with Crippen molar-refractivity contribution in [2.24, 2.45) is 0 Å². The van der Waals surface area contributed by atoms with Crippen molar-refractivity contribution in [3.63, 3.8) is 0 Å². The summed E-state index contributed by atoms with van der Waals surface area (Å²) in [5.74, 6) is 0. The van der Waals surface area contributed by atoms with Gasteiger partial charge in [-0.3, -0.25) is 9.36 Å². The van der Waals surface area contributed by atoms with Crippen LogP contribution in [0.15, 0.2) is 42.7 Å². The Balaban J connectivity index is 1.63. The molecule has 1 aromatic carbocycles. The molecule has 2 heterocycles. The minimum atomic E-state index is -0.305. The lowest BCUT2D eigenvalue weighted by atomic mass is 10.2. The van der Waals surface area contributed by atoms with E-state index in [0.717, 1.165) is 29.2 Å². The van der Waals surface area contributed by atoms with E-state index in [1.54, 1.807) is 10.9 Å². The molecule has 7 heteroatoms. The Bertz CT molecular complexity index is 865. The lowest BCUT2D eigenvalue weighted by Gasteiger charge is -2.06. The fourth-order valence-electron chi connectivity index (χ4n) is 2.75. The molecule has 0 spiro atoms. The van der Waals surface area contributed by atoms with E-state index >= 15 is 0 Å². The summed E-state index contributed by atoms with van der Waals surface area (Å²) in [5, 5.41) is 14.4. The summed E-state index contributed by atoms with van der Waals surface area (Å²) in [6.45, 7) is 7.27. The Labute approximate surface area is 146 Å². The van der Waals surface area contributed by atoms with E-state index in [0.29, 0.717) is 12.2 Å². The highest BCUT2D eigenvalue weighted by Crippen LogP contribution is 2.19. The number of carbonyl (C=O) groups is 1. The second-order valence-corrected chi connectivity index (χ2v) is 5.85. The predicted octanol–water partition coefficient (Wildman–Crippen LogP) is 3.41. The molecule has 0 saturated carbocycles. The number of anilines is 2. The van der Waals surface area contributed by atoms with Crippen molar-refractivity contribution in [1.29, 1.82) is 0 Å². The number of nitrogens with zero attached hydrogens (tertiary/aromatic N) is 4. The van der Waals surface area contributed by atoms with E-state index < -0.39 is 0 Å². The fraction of sp³-hybridized carbons (Fsp3) is 0.278. The van der Waals surface area contributed by atoms with E-state index in [1.165, 1.54) is 0 Å². The van der Waals surface area contributed by atoms with E-state index in [2.05, 4.69) is 20.8 Å². The van der Waals surface area contributed by atoms with Crippen molar-refractivity contribution in [1.82, 2.24) is 19.6 Å². The first kappa shape index (κ1) is 16.8. The van der Waals surface area contributed by atoms with Crippen LogP contribution in [0.1, 0.15) is 23.9 Å². The number of urea groups is 1. The van der Waals surface area contributed by atoms with Crippen molar-refractivity contribution >= 4 is 17.4 Å². The average Bonchev–Trinajstić information content (AvgIpc) is 3.14. The summed E-state index contributed by atoms with van der Waals surface area (Å²) in [5.41, 5.74) is 4.28. The molecule has 7 nitrogen and oxygen atoms in total. The summed E-state index contributed by atoms with van der Waals surface area (Å²) in [4.78, 5) is 12.3. The molecular weight excluding hydrogens is 316 g/mol. The first-order chi connectivity index (χ1) is 12.1. The van der Waals surface area contributed by atoms with Crippen molar-refractivity contribution < 1.29 is 4.79 Å². The molecule has 2 amide bonds. The summed E-state index contributed by atoms with van der Waals surface area (Å²) in [6, 6.07) is 9.74. The van der Waals surface area contributed by atoms with Gasteiger partial charge in [0.05, 0.1) is 35.5 Å². The average molecular weight is 338 g/mol. The second kappa shape index (κ2) is 7.21.